The Labute approximate surface area is 371 Å². The van der Waals surface area contributed by atoms with Crippen LogP contribution >= 0.6 is 0 Å². The van der Waals surface area contributed by atoms with Gasteiger partial charge in [0.1, 0.15) is 0 Å². The van der Waals surface area contributed by atoms with Crippen LogP contribution in [-0.4, -0.2) is 4.57 Å². The molecule has 0 saturated heterocycles. The Hall–Kier alpha value is -9.35. The Morgan fingerprint density at radius 1 is 0.281 bits per heavy atom. The molecule has 0 radical (unpaired) electrons. The number of rotatable bonds is 10. The summed E-state index contributed by atoms with van der Waals surface area (Å²) in [6, 6.07) is 82.4. The van der Waals surface area contributed by atoms with Crippen LogP contribution in [0.5, 0.6) is 0 Å². The minimum atomic E-state index is 0.600. The summed E-state index contributed by atoms with van der Waals surface area (Å²) in [7, 11) is 0. The normalized spacial score (nSPS) is 10.8. The highest BCUT2D eigenvalue weighted by Gasteiger charge is 2.21. The second-order valence-corrected chi connectivity index (χ2v) is 15.2. The molecular formula is C57H37N7. The molecule has 0 fully saturated rings. The number of hydrogen-bond donors (Lipinski definition) is 0. The van der Waals surface area contributed by atoms with Crippen LogP contribution in [0.4, 0.5) is 51.2 Å². The quantitative estimate of drug-likeness (QED) is 0.137. The molecule has 0 aliphatic heterocycles. The molecule has 0 N–H and O–H groups in total. The average Bonchev–Trinajstić information content (AvgIpc) is 3.69. The van der Waals surface area contributed by atoms with E-state index in [0.717, 1.165) is 78.7 Å². The van der Waals surface area contributed by atoms with Crippen LogP contribution in [0.3, 0.4) is 0 Å². The first-order valence-electron chi connectivity index (χ1n) is 20.8. The van der Waals surface area contributed by atoms with Crippen LogP contribution < -0.4 is 14.7 Å². The lowest BCUT2D eigenvalue weighted by atomic mass is 10.1. The van der Waals surface area contributed by atoms with Crippen molar-refractivity contribution < 1.29 is 0 Å². The summed E-state index contributed by atoms with van der Waals surface area (Å²) in [5, 5.41) is 30.9. The van der Waals surface area contributed by atoms with Gasteiger partial charge in [0.2, 0.25) is 0 Å². The number of nitrogens with zero attached hydrogens (tertiary/aromatic N) is 7. The summed E-state index contributed by atoms with van der Waals surface area (Å²) in [5.74, 6) is 0. The lowest BCUT2D eigenvalue weighted by molar-refractivity contribution is 1.17. The van der Waals surface area contributed by atoms with Gasteiger partial charge in [-0.3, -0.25) is 0 Å². The third kappa shape index (κ3) is 7.31. The van der Waals surface area contributed by atoms with Crippen LogP contribution in [0.2, 0.25) is 0 Å². The van der Waals surface area contributed by atoms with Gasteiger partial charge in [-0.2, -0.15) is 15.8 Å². The van der Waals surface area contributed by atoms with E-state index in [-0.39, 0.29) is 0 Å². The Morgan fingerprint density at radius 3 is 0.859 bits per heavy atom. The lowest BCUT2D eigenvalue weighted by Crippen LogP contribution is -2.10. The summed E-state index contributed by atoms with van der Waals surface area (Å²) < 4.78 is 2.32. The molecule has 0 unspecified atom stereocenters. The molecular weight excluding hydrogens is 783 g/mol. The van der Waals surface area contributed by atoms with Crippen LogP contribution in [0, 0.1) is 34.0 Å². The van der Waals surface area contributed by atoms with E-state index in [2.05, 4.69) is 135 Å². The summed E-state index contributed by atoms with van der Waals surface area (Å²) in [4.78, 5) is 6.63. The van der Waals surface area contributed by atoms with E-state index >= 15 is 0 Å². The Balaban J connectivity index is 1.17. The van der Waals surface area contributed by atoms with Crippen LogP contribution in [0.1, 0.15) is 16.7 Å². The van der Waals surface area contributed by atoms with Gasteiger partial charge < -0.3 is 19.3 Å². The lowest BCUT2D eigenvalue weighted by Gasteiger charge is -2.26. The first-order chi connectivity index (χ1) is 31.6. The minimum absolute atomic E-state index is 0.600. The molecule has 0 atom stereocenters. The summed E-state index contributed by atoms with van der Waals surface area (Å²) in [5.41, 5.74) is 13.6. The van der Waals surface area contributed by atoms with Gasteiger partial charge in [-0.1, -0.05) is 54.6 Å². The van der Waals surface area contributed by atoms with Crippen molar-refractivity contribution in [2.75, 3.05) is 14.7 Å². The molecule has 0 aliphatic carbocycles. The van der Waals surface area contributed by atoms with Crippen molar-refractivity contribution in [3.05, 3.63) is 241 Å². The van der Waals surface area contributed by atoms with Crippen LogP contribution in [0.25, 0.3) is 27.5 Å². The molecule has 64 heavy (non-hydrogen) atoms. The van der Waals surface area contributed by atoms with Crippen molar-refractivity contribution in [3.8, 4) is 23.9 Å². The van der Waals surface area contributed by atoms with Crippen molar-refractivity contribution in [2.24, 2.45) is 0 Å². The van der Waals surface area contributed by atoms with Gasteiger partial charge in [0.05, 0.1) is 45.9 Å². The standard InChI is InChI=1S/C57H37N7/c58-38-41-16-22-47(23-17-41)61(44-10-4-1-5-11-44)50-28-30-51(31-29-50)64-56-34-32-52(62(45-12-6-2-7-13-45)48-24-18-42(39-59)19-25-48)36-54(56)55-37-53(33-35-57(55)64)63(46-14-8-3-9-15-46)49-26-20-43(40-60)21-27-49/h1-37H. The van der Waals surface area contributed by atoms with Gasteiger partial charge in [0.25, 0.3) is 0 Å². The number of para-hydroxylation sites is 3. The van der Waals surface area contributed by atoms with Crippen molar-refractivity contribution >= 4 is 73.0 Å². The van der Waals surface area contributed by atoms with Gasteiger partial charge in [-0.25, -0.2) is 0 Å². The first kappa shape index (κ1) is 38.8. The van der Waals surface area contributed by atoms with Crippen LogP contribution in [0.15, 0.2) is 224 Å². The second-order valence-electron chi connectivity index (χ2n) is 15.2. The van der Waals surface area contributed by atoms with Crippen molar-refractivity contribution in [1.82, 2.24) is 4.57 Å². The van der Waals surface area contributed by atoms with Gasteiger partial charge in [-0.05, 0) is 170 Å². The van der Waals surface area contributed by atoms with Crippen molar-refractivity contribution in [2.45, 2.75) is 0 Å². The molecule has 1 heterocycles. The van der Waals surface area contributed by atoms with E-state index in [1.54, 1.807) is 0 Å². The highest BCUT2D eigenvalue weighted by molar-refractivity contribution is 6.12. The predicted molar refractivity (Wildman–Crippen MR) is 259 cm³/mol. The van der Waals surface area contributed by atoms with E-state index < -0.39 is 0 Å². The molecule has 9 aromatic carbocycles. The number of benzene rings is 9. The Morgan fingerprint density at radius 2 is 0.547 bits per heavy atom. The third-order valence-corrected chi connectivity index (χ3v) is 11.4. The monoisotopic (exact) mass is 819 g/mol. The number of fused-ring (bicyclic) bond motifs is 3. The van der Waals surface area contributed by atoms with Gasteiger partial charge in [0, 0.05) is 67.6 Å². The van der Waals surface area contributed by atoms with E-state index in [4.69, 9.17) is 0 Å². The fourth-order valence-electron chi connectivity index (χ4n) is 8.43. The Kier molecular flexibility index (Phi) is 10.3. The smallest absolute Gasteiger partial charge is 0.0991 e. The molecule has 7 heteroatoms. The highest BCUT2D eigenvalue weighted by Crippen LogP contribution is 2.43. The third-order valence-electron chi connectivity index (χ3n) is 11.4. The van der Waals surface area contributed by atoms with E-state index in [9.17, 15) is 15.8 Å². The van der Waals surface area contributed by atoms with Gasteiger partial charge in [-0.15, -0.1) is 0 Å². The topological polar surface area (TPSA) is 86.0 Å². The minimum Gasteiger partial charge on any atom is -0.311 e. The molecule has 10 aromatic rings. The first-order valence-corrected chi connectivity index (χ1v) is 20.8. The second kappa shape index (κ2) is 17.0. The molecule has 300 valence electrons. The number of aromatic nitrogens is 1. The SMILES string of the molecule is N#Cc1ccc(N(c2ccccc2)c2ccc(-n3c4ccc(N(c5ccccc5)c5ccc(C#N)cc5)cc4c4cc(N(c5ccccc5)c5ccc(C#N)cc5)ccc43)cc2)cc1. The average molecular weight is 820 g/mol. The fraction of sp³-hybridized carbons (Fsp3) is 0. The number of nitriles is 3. The molecule has 0 spiro atoms. The summed E-state index contributed by atoms with van der Waals surface area (Å²) >= 11 is 0. The van der Waals surface area contributed by atoms with Gasteiger partial charge in [0.15, 0.2) is 0 Å². The summed E-state index contributed by atoms with van der Waals surface area (Å²) in [6.45, 7) is 0. The predicted octanol–water partition coefficient (Wildman–Crippen LogP) is 14.8. The van der Waals surface area contributed by atoms with Gasteiger partial charge >= 0.3 is 0 Å². The maximum atomic E-state index is 9.62. The molecule has 0 amide bonds. The van der Waals surface area contributed by atoms with E-state index in [1.165, 1.54) is 0 Å². The zero-order chi connectivity index (χ0) is 43.4. The molecule has 0 bridgehead atoms. The summed E-state index contributed by atoms with van der Waals surface area (Å²) in [6.07, 6.45) is 0. The van der Waals surface area contributed by atoms with Crippen molar-refractivity contribution in [3.63, 3.8) is 0 Å². The van der Waals surface area contributed by atoms with E-state index in [1.807, 2.05) is 127 Å². The van der Waals surface area contributed by atoms with Crippen LogP contribution in [-0.2, 0) is 0 Å². The van der Waals surface area contributed by atoms with E-state index in [0.29, 0.717) is 16.7 Å². The maximum absolute atomic E-state index is 9.62. The number of anilines is 9. The highest BCUT2D eigenvalue weighted by atomic mass is 15.2. The zero-order valence-corrected chi connectivity index (χ0v) is 34.5. The molecule has 0 saturated carbocycles. The maximum Gasteiger partial charge on any atom is 0.0991 e. The molecule has 7 nitrogen and oxygen atoms in total. The van der Waals surface area contributed by atoms with Crippen molar-refractivity contribution in [1.29, 1.82) is 15.8 Å². The fourth-order valence-corrected chi connectivity index (χ4v) is 8.43. The Bertz CT molecular complexity index is 3220. The molecule has 10 rings (SSSR count). The largest absolute Gasteiger partial charge is 0.311 e. The zero-order valence-electron chi connectivity index (χ0n) is 34.5. The number of hydrogen-bond acceptors (Lipinski definition) is 6. The molecule has 0 aliphatic rings. The molecule has 1 aromatic heterocycles.